The lowest BCUT2D eigenvalue weighted by molar-refractivity contribution is -0.144. The van der Waals surface area contributed by atoms with Gasteiger partial charge in [0.25, 0.3) is 11.5 Å². The fourth-order valence-corrected chi connectivity index (χ4v) is 9.86. The molecule has 2 aliphatic rings. The Morgan fingerprint density at radius 3 is 2.38 bits per heavy atom. The third-order valence-electron chi connectivity index (χ3n) is 13.0. The minimum absolute atomic E-state index is 0.0297. The van der Waals surface area contributed by atoms with Crippen LogP contribution in [0.2, 0.25) is 0 Å². The number of aliphatic hydroxyl groups is 1. The van der Waals surface area contributed by atoms with Crippen molar-refractivity contribution in [2.24, 2.45) is 5.41 Å². The molecule has 2 saturated heterocycles. The van der Waals surface area contributed by atoms with Crippen LogP contribution in [0.5, 0.6) is 0 Å². The summed E-state index contributed by atoms with van der Waals surface area (Å²) < 4.78 is 16.6. The topological polar surface area (TPSA) is 229 Å². The summed E-state index contributed by atoms with van der Waals surface area (Å²) in [7, 11) is 0. The summed E-state index contributed by atoms with van der Waals surface area (Å²) in [5.41, 5.74) is 5.44. The van der Waals surface area contributed by atoms with Crippen molar-refractivity contribution in [1.82, 2.24) is 55.5 Å². The summed E-state index contributed by atoms with van der Waals surface area (Å²) in [4.78, 5) is 89.8. The van der Waals surface area contributed by atoms with Gasteiger partial charge in [0.1, 0.15) is 17.9 Å². The Labute approximate surface area is 413 Å². The number of likely N-dealkylation sites (tertiary alicyclic amines) is 1. The lowest BCUT2D eigenvalue weighted by Gasteiger charge is -2.35. The van der Waals surface area contributed by atoms with E-state index in [0.717, 1.165) is 21.7 Å². The predicted molar refractivity (Wildman–Crippen MR) is 263 cm³/mol. The number of thiazole rings is 1. The molecule has 3 aromatic heterocycles. The van der Waals surface area contributed by atoms with E-state index in [1.165, 1.54) is 21.9 Å². The smallest absolute Gasteiger partial charge is 0.272 e. The molecule has 8 rings (SSSR count). The Morgan fingerprint density at radius 2 is 1.66 bits per heavy atom. The molecule has 18 nitrogen and oxygen atoms in total. The van der Waals surface area contributed by atoms with Crippen molar-refractivity contribution in [1.29, 1.82) is 0 Å². The number of hydrogen-bond donors (Lipinski definition) is 4. The van der Waals surface area contributed by atoms with Gasteiger partial charge in [0.2, 0.25) is 23.6 Å². The maximum absolute atomic E-state index is 15.0. The second-order valence-corrected chi connectivity index (χ2v) is 20.1. The number of rotatable bonds is 16. The van der Waals surface area contributed by atoms with Gasteiger partial charge in [-0.05, 0) is 53.6 Å². The lowest BCUT2D eigenvalue weighted by atomic mass is 9.85. The molecular formula is C51H58FN11O7S. The Bertz CT molecular complexity index is 2980. The largest absolute Gasteiger partial charge is 0.391 e. The van der Waals surface area contributed by atoms with E-state index in [2.05, 4.69) is 36.1 Å². The molecule has 372 valence electrons. The summed E-state index contributed by atoms with van der Waals surface area (Å²) in [6.07, 6.45) is 2.16. The number of carbonyl (C=O) groups excluding carboxylic acids is 5. The molecule has 0 saturated carbocycles. The summed E-state index contributed by atoms with van der Waals surface area (Å²) >= 11 is 1.56. The molecule has 2 fully saturated rings. The van der Waals surface area contributed by atoms with E-state index >= 15 is 4.39 Å². The van der Waals surface area contributed by atoms with Crippen LogP contribution in [0.1, 0.15) is 85.0 Å². The molecule has 0 unspecified atom stereocenters. The van der Waals surface area contributed by atoms with Crippen molar-refractivity contribution in [3.8, 4) is 10.4 Å². The molecule has 5 heterocycles. The van der Waals surface area contributed by atoms with Gasteiger partial charge in [-0.3, -0.25) is 33.4 Å². The molecule has 0 radical (unpaired) electrons. The van der Waals surface area contributed by atoms with Crippen molar-refractivity contribution in [3.63, 3.8) is 0 Å². The highest BCUT2D eigenvalue weighted by molar-refractivity contribution is 7.13. The normalized spacial score (nSPS) is 16.6. The van der Waals surface area contributed by atoms with Gasteiger partial charge in [-0.15, -0.1) is 16.4 Å². The first-order chi connectivity index (χ1) is 34.0. The zero-order chi connectivity index (χ0) is 50.4. The van der Waals surface area contributed by atoms with Crippen LogP contribution >= 0.6 is 11.3 Å². The molecule has 20 heteroatoms. The average molecular weight is 988 g/mol. The van der Waals surface area contributed by atoms with Crippen LogP contribution in [-0.2, 0) is 45.1 Å². The van der Waals surface area contributed by atoms with Gasteiger partial charge in [-0.2, -0.15) is 5.10 Å². The first-order valence-electron chi connectivity index (χ1n) is 23.8. The molecule has 6 aromatic rings. The number of benzene rings is 3. The fourth-order valence-electron chi connectivity index (χ4n) is 9.05. The van der Waals surface area contributed by atoms with Crippen LogP contribution in [-0.4, -0.2) is 130 Å². The van der Waals surface area contributed by atoms with Gasteiger partial charge in [0.05, 0.1) is 44.5 Å². The van der Waals surface area contributed by atoms with Crippen LogP contribution in [0, 0.1) is 18.2 Å². The number of aromatic amines is 1. The maximum atomic E-state index is 15.0. The van der Waals surface area contributed by atoms with Crippen LogP contribution in [0.25, 0.3) is 21.2 Å². The van der Waals surface area contributed by atoms with Gasteiger partial charge in [-0.1, -0.05) is 74.5 Å². The third kappa shape index (κ3) is 12.1. The zero-order valence-electron chi connectivity index (χ0n) is 40.2. The number of aliphatic hydroxyl groups excluding tert-OH is 1. The number of nitrogens with one attached hydrogen (secondary N) is 3. The number of β-amino-alcohol motifs (C(OH)–C–C–N with tert-alkyl or cyclic N) is 1. The number of halogens is 1. The number of piperazine rings is 1. The first-order valence-corrected chi connectivity index (χ1v) is 24.7. The molecule has 5 amide bonds. The van der Waals surface area contributed by atoms with Gasteiger partial charge >= 0.3 is 0 Å². The molecule has 3 atom stereocenters. The van der Waals surface area contributed by atoms with Gasteiger partial charge in [0.15, 0.2) is 0 Å². The quantitative estimate of drug-likeness (QED) is 0.108. The number of amides is 5. The molecule has 0 spiro atoms. The Hall–Kier alpha value is -7.19. The van der Waals surface area contributed by atoms with E-state index < -0.39 is 41.2 Å². The highest BCUT2D eigenvalue weighted by atomic mass is 32.1. The number of aromatic nitrogens is 6. The molecular weight excluding hydrogens is 930 g/mol. The van der Waals surface area contributed by atoms with Gasteiger partial charge < -0.3 is 30.4 Å². The highest BCUT2D eigenvalue weighted by Gasteiger charge is 2.44. The summed E-state index contributed by atoms with van der Waals surface area (Å²) in [6.45, 7) is 9.08. The predicted octanol–water partition coefficient (Wildman–Crippen LogP) is 4.18. The number of hydrogen-bond acceptors (Lipinski definition) is 12. The fraction of sp³-hybridized carbons (Fsp3) is 0.412. The van der Waals surface area contributed by atoms with Crippen molar-refractivity contribution in [2.75, 3.05) is 32.7 Å². The van der Waals surface area contributed by atoms with E-state index in [-0.39, 0.29) is 93.8 Å². The third-order valence-corrected chi connectivity index (χ3v) is 14.0. The Balaban J connectivity index is 0.764. The minimum Gasteiger partial charge on any atom is -0.391 e. The van der Waals surface area contributed by atoms with E-state index in [1.807, 2.05) is 58.0 Å². The summed E-state index contributed by atoms with van der Waals surface area (Å²) in [5.74, 6) is -2.41. The number of carbonyl (C=O) groups is 5. The average Bonchev–Trinajstić information content (AvgIpc) is 4.12. The van der Waals surface area contributed by atoms with Gasteiger partial charge in [-0.25, -0.2) is 14.5 Å². The zero-order valence-corrected chi connectivity index (χ0v) is 41.0. The second kappa shape index (κ2) is 21.8. The Kier molecular flexibility index (Phi) is 15.4. The van der Waals surface area contributed by atoms with E-state index in [0.29, 0.717) is 47.1 Å². The number of fused-ring (bicyclic) bond motifs is 1. The highest BCUT2D eigenvalue weighted by Crippen LogP contribution is 2.29. The molecule has 3 aromatic carbocycles. The van der Waals surface area contributed by atoms with Crippen LogP contribution in [0.15, 0.2) is 83.2 Å². The van der Waals surface area contributed by atoms with Gasteiger partial charge in [0, 0.05) is 89.5 Å². The lowest BCUT2D eigenvalue weighted by Crippen LogP contribution is -2.57. The Morgan fingerprint density at radius 1 is 0.944 bits per heavy atom. The summed E-state index contributed by atoms with van der Waals surface area (Å²) in [5, 5.41) is 32.7. The standard InChI is InChI=1S/C51H58FN11O7S/c1-31-45(71-30-54-31)34-14-11-32(12-15-34)27-53-48(68)42-26-36(64)29-63(42)50(70)46(51(2,3)4)55-43(65)10-7-19-62-28-35(56-59-62)16-18-44(66)60-20-22-61(23-21-60)49(69)39-24-33(13-17-40(39)52)25-41-37-8-5-6-9-38(37)47(67)58-57-41/h5-6,8-9,11-15,17,24,28,30,36,42,46,64H,7,10,16,18-23,25-27,29H2,1-4H3,(H,53,68)(H,55,65)(H,58,67)/t36-,42+,46-/m1/s1. The van der Waals surface area contributed by atoms with Crippen LogP contribution in [0.4, 0.5) is 4.39 Å². The molecule has 71 heavy (non-hydrogen) atoms. The number of H-pyrrole nitrogens is 1. The number of nitrogens with zero attached hydrogens (tertiary/aromatic N) is 8. The monoisotopic (exact) mass is 987 g/mol. The minimum atomic E-state index is -0.960. The van der Waals surface area contributed by atoms with Crippen molar-refractivity contribution >= 4 is 51.6 Å². The molecule has 0 bridgehead atoms. The van der Waals surface area contributed by atoms with Crippen molar-refractivity contribution in [3.05, 3.63) is 128 Å². The first kappa shape index (κ1) is 50.2. The molecule has 0 aliphatic carbocycles. The van der Waals surface area contributed by atoms with E-state index in [1.54, 1.807) is 56.9 Å². The van der Waals surface area contributed by atoms with Crippen molar-refractivity contribution in [2.45, 2.75) is 97.5 Å². The van der Waals surface area contributed by atoms with Crippen LogP contribution in [0.3, 0.4) is 0 Å². The second-order valence-electron chi connectivity index (χ2n) is 19.2. The van der Waals surface area contributed by atoms with Crippen LogP contribution < -0.4 is 16.2 Å². The maximum Gasteiger partial charge on any atom is 0.272 e. The van der Waals surface area contributed by atoms with Crippen molar-refractivity contribution < 1.29 is 33.5 Å². The molecule has 4 N–H and O–H groups in total. The van der Waals surface area contributed by atoms with E-state index in [9.17, 15) is 33.9 Å². The molecule has 2 aliphatic heterocycles. The SMILES string of the molecule is Cc1ncsc1-c1ccc(CNC(=O)[C@@H]2C[C@@H](O)CN2C(=O)[C@@H](NC(=O)CCCn2cc(CCC(=O)N3CCN(C(=O)c4cc(Cc5n[nH]c(=O)c6ccccc56)ccc4F)CC3)nn2)C(C)(C)C)cc1. The van der Waals surface area contributed by atoms with E-state index in [4.69, 9.17) is 0 Å². The number of aryl methyl sites for hydroxylation is 3. The summed E-state index contributed by atoms with van der Waals surface area (Å²) in [6, 6.07) is 17.4.